The van der Waals surface area contributed by atoms with Gasteiger partial charge in [-0.1, -0.05) is 24.3 Å². The van der Waals surface area contributed by atoms with Crippen LogP contribution in [0.25, 0.3) is 17.1 Å². The number of anilines is 2. The molecule has 0 aliphatic carbocycles. The summed E-state index contributed by atoms with van der Waals surface area (Å²) >= 11 is 0. The molecule has 2 aromatic heterocycles. The first-order valence-corrected chi connectivity index (χ1v) is 8.03. The number of aromatic nitrogens is 3. The van der Waals surface area contributed by atoms with Crippen LogP contribution >= 0.6 is 0 Å². The Kier molecular flexibility index (Phi) is 4.13. The monoisotopic (exact) mass is 363 g/mol. The molecule has 0 atom stereocenters. The highest BCUT2D eigenvalue weighted by Gasteiger charge is 2.18. The zero-order valence-corrected chi connectivity index (χ0v) is 14.0. The fourth-order valence-corrected chi connectivity index (χ4v) is 2.56. The largest absolute Gasteiger partial charge is 0.443 e. The van der Waals surface area contributed by atoms with Crippen molar-refractivity contribution in [2.75, 3.05) is 11.1 Å². The van der Waals surface area contributed by atoms with Crippen LogP contribution in [-0.4, -0.2) is 20.7 Å². The van der Waals surface area contributed by atoms with Gasteiger partial charge in [0.2, 0.25) is 5.89 Å². The van der Waals surface area contributed by atoms with E-state index in [1.165, 1.54) is 30.7 Å². The van der Waals surface area contributed by atoms with E-state index in [-0.39, 0.29) is 11.6 Å². The molecule has 0 spiro atoms. The van der Waals surface area contributed by atoms with E-state index in [0.717, 1.165) is 5.69 Å². The van der Waals surface area contributed by atoms with Crippen LogP contribution in [0, 0.1) is 5.82 Å². The standard InChI is InChI=1S/C19H14FN5O2/c20-12-5-4-6-13(9-12)23-18(26)16-11-27-19(24-16)15-10-22-25(17(15)21)14-7-2-1-3-8-14/h1-11H,21H2,(H,23,26). The molecule has 8 heteroatoms. The smallest absolute Gasteiger partial charge is 0.277 e. The number of carbonyl (C=O) groups is 1. The second-order valence-corrected chi connectivity index (χ2v) is 5.69. The first-order chi connectivity index (χ1) is 13.1. The van der Waals surface area contributed by atoms with Crippen molar-refractivity contribution in [3.63, 3.8) is 0 Å². The molecule has 4 rings (SSSR count). The molecule has 0 unspecified atom stereocenters. The lowest BCUT2D eigenvalue weighted by atomic mass is 10.3. The number of oxazole rings is 1. The molecule has 27 heavy (non-hydrogen) atoms. The number of benzene rings is 2. The zero-order chi connectivity index (χ0) is 18.8. The number of nitrogens with two attached hydrogens (primary N) is 1. The number of amides is 1. The molecule has 2 heterocycles. The van der Waals surface area contributed by atoms with Crippen LogP contribution < -0.4 is 11.1 Å². The van der Waals surface area contributed by atoms with Gasteiger partial charge < -0.3 is 15.5 Å². The van der Waals surface area contributed by atoms with Crippen molar-refractivity contribution in [1.29, 1.82) is 0 Å². The van der Waals surface area contributed by atoms with Crippen molar-refractivity contribution in [2.24, 2.45) is 0 Å². The molecule has 4 aromatic rings. The highest BCUT2D eigenvalue weighted by atomic mass is 19.1. The Balaban J connectivity index is 1.58. The van der Waals surface area contributed by atoms with E-state index in [1.807, 2.05) is 30.3 Å². The minimum atomic E-state index is -0.523. The van der Waals surface area contributed by atoms with Crippen molar-refractivity contribution in [2.45, 2.75) is 0 Å². The number of nitrogen functional groups attached to an aromatic ring is 1. The molecule has 0 fully saturated rings. The van der Waals surface area contributed by atoms with Gasteiger partial charge >= 0.3 is 0 Å². The molecule has 7 nitrogen and oxygen atoms in total. The van der Waals surface area contributed by atoms with E-state index >= 15 is 0 Å². The lowest BCUT2D eigenvalue weighted by Gasteiger charge is -2.03. The van der Waals surface area contributed by atoms with Crippen molar-refractivity contribution < 1.29 is 13.6 Å². The third-order valence-corrected chi connectivity index (χ3v) is 3.86. The fraction of sp³-hybridized carbons (Fsp3) is 0. The van der Waals surface area contributed by atoms with E-state index in [4.69, 9.17) is 10.2 Å². The van der Waals surface area contributed by atoms with Crippen LogP contribution in [0.3, 0.4) is 0 Å². The maximum absolute atomic E-state index is 13.2. The van der Waals surface area contributed by atoms with Gasteiger partial charge in [-0.15, -0.1) is 0 Å². The Bertz CT molecular complexity index is 1100. The lowest BCUT2D eigenvalue weighted by Crippen LogP contribution is -2.12. The average molecular weight is 363 g/mol. The Morgan fingerprint density at radius 2 is 1.96 bits per heavy atom. The molecule has 3 N–H and O–H groups in total. The topological polar surface area (TPSA) is 99.0 Å². The predicted molar refractivity (Wildman–Crippen MR) is 97.8 cm³/mol. The van der Waals surface area contributed by atoms with Crippen LogP contribution in [0.2, 0.25) is 0 Å². The molecular weight excluding hydrogens is 349 g/mol. The molecular formula is C19H14FN5O2. The van der Waals surface area contributed by atoms with Gasteiger partial charge in [0.15, 0.2) is 5.69 Å². The third-order valence-electron chi connectivity index (χ3n) is 3.86. The highest BCUT2D eigenvalue weighted by molar-refractivity contribution is 6.02. The lowest BCUT2D eigenvalue weighted by molar-refractivity contribution is 0.102. The summed E-state index contributed by atoms with van der Waals surface area (Å²) in [6, 6.07) is 14.9. The second-order valence-electron chi connectivity index (χ2n) is 5.69. The highest BCUT2D eigenvalue weighted by Crippen LogP contribution is 2.27. The third kappa shape index (κ3) is 3.28. The Labute approximate surface area is 153 Å². The van der Waals surface area contributed by atoms with Gasteiger partial charge in [0, 0.05) is 5.69 Å². The molecule has 1 amide bonds. The van der Waals surface area contributed by atoms with Gasteiger partial charge in [-0.3, -0.25) is 4.79 Å². The number of nitrogens with one attached hydrogen (secondary N) is 1. The number of para-hydroxylation sites is 1. The number of nitrogens with zero attached hydrogens (tertiary/aromatic N) is 3. The second kappa shape index (κ2) is 6.75. The SMILES string of the molecule is Nc1c(-c2nc(C(=O)Nc3cccc(F)c3)co2)cnn1-c1ccccc1. The summed E-state index contributed by atoms with van der Waals surface area (Å²) in [7, 11) is 0. The molecule has 0 aliphatic heterocycles. The number of halogens is 1. The number of hydrogen-bond acceptors (Lipinski definition) is 5. The van der Waals surface area contributed by atoms with E-state index < -0.39 is 11.7 Å². The average Bonchev–Trinajstić information content (AvgIpc) is 3.29. The van der Waals surface area contributed by atoms with Crippen LogP contribution in [-0.2, 0) is 0 Å². The van der Waals surface area contributed by atoms with Crippen molar-refractivity contribution >= 4 is 17.4 Å². The molecule has 134 valence electrons. The Morgan fingerprint density at radius 1 is 1.15 bits per heavy atom. The zero-order valence-electron chi connectivity index (χ0n) is 14.0. The maximum atomic E-state index is 13.2. The van der Waals surface area contributed by atoms with Crippen LogP contribution in [0.5, 0.6) is 0 Å². The maximum Gasteiger partial charge on any atom is 0.277 e. The molecule has 0 saturated carbocycles. The summed E-state index contributed by atoms with van der Waals surface area (Å²) in [5, 5.41) is 6.80. The number of hydrogen-bond donors (Lipinski definition) is 2. The summed E-state index contributed by atoms with van der Waals surface area (Å²) in [5.74, 6) is -0.474. The quantitative estimate of drug-likeness (QED) is 0.578. The van der Waals surface area contributed by atoms with E-state index in [2.05, 4.69) is 15.4 Å². The van der Waals surface area contributed by atoms with Gasteiger partial charge in [0.25, 0.3) is 5.91 Å². The van der Waals surface area contributed by atoms with Gasteiger partial charge in [-0.05, 0) is 30.3 Å². The Hall–Kier alpha value is -3.94. The summed E-state index contributed by atoms with van der Waals surface area (Å²) in [6.45, 7) is 0. The van der Waals surface area contributed by atoms with Gasteiger partial charge in [0.05, 0.1) is 17.4 Å². The molecule has 0 aliphatic rings. The molecule has 0 saturated heterocycles. The summed E-state index contributed by atoms with van der Waals surface area (Å²) < 4.78 is 20.2. The van der Waals surface area contributed by atoms with Gasteiger partial charge in [-0.25, -0.2) is 14.1 Å². The van der Waals surface area contributed by atoms with E-state index in [9.17, 15) is 9.18 Å². The van der Waals surface area contributed by atoms with Crippen LogP contribution in [0.15, 0.2) is 71.5 Å². The fourth-order valence-electron chi connectivity index (χ4n) is 2.56. The van der Waals surface area contributed by atoms with Gasteiger partial charge in [0.1, 0.15) is 17.9 Å². The van der Waals surface area contributed by atoms with E-state index in [0.29, 0.717) is 17.1 Å². The summed E-state index contributed by atoms with van der Waals surface area (Å²) in [6.07, 6.45) is 2.73. The van der Waals surface area contributed by atoms with Crippen LogP contribution in [0.4, 0.5) is 15.9 Å². The Morgan fingerprint density at radius 3 is 2.74 bits per heavy atom. The van der Waals surface area contributed by atoms with E-state index in [1.54, 1.807) is 10.7 Å². The first-order valence-electron chi connectivity index (χ1n) is 8.03. The molecule has 0 radical (unpaired) electrons. The summed E-state index contributed by atoms with van der Waals surface area (Å²) in [5.41, 5.74) is 7.76. The minimum Gasteiger partial charge on any atom is -0.443 e. The normalized spacial score (nSPS) is 10.7. The van der Waals surface area contributed by atoms with Gasteiger partial charge in [-0.2, -0.15) is 5.10 Å². The number of rotatable bonds is 4. The van der Waals surface area contributed by atoms with Crippen molar-refractivity contribution in [3.05, 3.63) is 78.6 Å². The molecule has 0 bridgehead atoms. The summed E-state index contributed by atoms with van der Waals surface area (Å²) in [4.78, 5) is 16.4. The van der Waals surface area contributed by atoms with Crippen molar-refractivity contribution in [1.82, 2.24) is 14.8 Å². The van der Waals surface area contributed by atoms with Crippen molar-refractivity contribution in [3.8, 4) is 17.1 Å². The molecule has 2 aromatic carbocycles. The predicted octanol–water partition coefficient (Wildman–Crippen LogP) is 3.50. The minimum absolute atomic E-state index is 0.0427. The first kappa shape index (κ1) is 16.5. The number of carbonyl (C=O) groups excluding carboxylic acids is 1. The van der Waals surface area contributed by atoms with Crippen LogP contribution in [0.1, 0.15) is 10.5 Å².